The van der Waals surface area contributed by atoms with Crippen molar-refractivity contribution in [2.75, 3.05) is 6.54 Å². The Kier molecular flexibility index (Phi) is 5.73. The van der Waals surface area contributed by atoms with E-state index in [-0.39, 0.29) is 31.5 Å². The molecule has 1 N–H and O–H groups in total. The quantitative estimate of drug-likeness (QED) is 0.585. The number of nitrogens with zero attached hydrogens (tertiary/aromatic N) is 1. The number of rotatable bonds is 6. The highest BCUT2D eigenvalue weighted by Crippen LogP contribution is 2.35. The number of halogens is 2. The van der Waals surface area contributed by atoms with Crippen LogP contribution in [0, 0.1) is 0 Å². The average Bonchev–Trinajstić information content (AvgIpc) is 3.16. The molecule has 3 rings (SSSR count). The molecule has 2 aliphatic rings. The first-order chi connectivity index (χ1) is 12.4. The van der Waals surface area contributed by atoms with Crippen LogP contribution in [0.15, 0.2) is 18.2 Å². The number of hydrogen-bond acceptors (Lipinski definition) is 4. The van der Waals surface area contributed by atoms with Crippen LogP contribution < -0.4 is 5.32 Å². The van der Waals surface area contributed by atoms with Crippen molar-refractivity contribution in [3.05, 3.63) is 33.8 Å². The van der Waals surface area contributed by atoms with Crippen molar-refractivity contribution in [1.29, 1.82) is 0 Å². The fourth-order valence-corrected chi connectivity index (χ4v) is 3.76. The number of carbonyl (C=O) groups is 3. The minimum atomic E-state index is -0.703. The van der Waals surface area contributed by atoms with Crippen LogP contribution in [0.3, 0.4) is 0 Å². The fourth-order valence-electron chi connectivity index (χ4n) is 3.44. The smallest absolute Gasteiger partial charge is 0.325 e. The van der Waals surface area contributed by atoms with Gasteiger partial charge in [0.05, 0.1) is 10.0 Å². The lowest BCUT2D eigenvalue weighted by atomic mass is 9.98. The van der Waals surface area contributed by atoms with Crippen LogP contribution in [-0.2, 0) is 20.9 Å². The number of urea groups is 1. The zero-order valence-corrected chi connectivity index (χ0v) is 15.7. The van der Waals surface area contributed by atoms with E-state index in [4.69, 9.17) is 27.9 Å². The van der Waals surface area contributed by atoms with Crippen LogP contribution in [0.5, 0.6) is 0 Å². The van der Waals surface area contributed by atoms with E-state index in [1.165, 1.54) is 4.90 Å². The molecule has 1 aromatic rings. The minimum absolute atomic E-state index is 0.0992. The normalized spacial score (nSPS) is 18.5. The summed E-state index contributed by atoms with van der Waals surface area (Å²) >= 11 is 11.8. The van der Waals surface area contributed by atoms with Gasteiger partial charge in [-0.3, -0.25) is 14.5 Å². The monoisotopic (exact) mass is 398 g/mol. The second-order valence-electron chi connectivity index (χ2n) is 6.69. The molecule has 0 atom stereocenters. The molecule has 2 fully saturated rings. The number of benzene rings is 1. The summed E-state index contributed by atoms with van der Waals surface area (Å²) in [4.78, 5) is 37.6. The van der Waals surface area contributed by atoms with Gasteiger partial charge in [-0.2, -0.15) is 0 Å². The Morgan fingerprint density at radius 1 is 1.19 bits per heavy atom. The lowest BCUT2D eigenvalue weighted by Crippen LogP contribution is -2.44. The number of amides is 3. The van der Waals surface area contributed by atoms with Gasteiger partial charge < -0.3 is 10.1 Å². The average molecular weight is 399 g/mol. The molecule has 1 aromatic carbocycles. The molecule has 0 bridgehead atoms. The van der Waals surface area contributed by atoms with Crippen molar-refractivity contribution in [3.63, 3.8) is 0 Å². The lowest BCUT2D eigenvalue weighted by Gasteiger charge is -2.19. The summed E-state index contributed by atoms with van der Waals surface area (Å²) in [5.74, 6) is -0.553. The van der Waals surface area contributed by atoms with Crippen molar-refractivity contribution in [3.8, 4) is 0 Å². The van der Waals surface area contributed by atoms with Crippen LogP contribution >= 0.6 is 23.2 Å². The van der Waals surface area contributed by atoms with E-state index in [0.717, 1.165) is 18.4 Å². The first kappa shape index (κ1) is 19.0. The predicted octanol–water partition coefficient (Wildman–Crippen LogP) is 3.68. The number of imide groups is 1. The van der Waals surface area contributed by atoms with Crippen molar-refractivity contribution < 1.29 is 19.1 Å². The van der Waals surface area contributed by atoms with Crippen molar-refractivity contribution in [2.45, 2.75) is 50.7 Å². The third kappa shape index (κ3) is 3.96. The van der Waals surface area contributed by atoms with Gasteiger partial charge in [-0.25, -0.2) is 4.79 Å². The Labute approximate surface area is 161 Å². The zero-order valence-electron chi connectivity index (χ0n) is 14.2. The number of ether oxygens (including phenoxy) is 1. The maximum absolute atomic E-state index is 12.5. The topological polar surface area (TPSA) is 75.7 Å². The Morgan fingerprint density at radius 2 is 1.92 bits per heavy atom. The van der Waals surface area contributed by atoms with Crippen LogP contribution in [0.1, 0.15) is 44.1 Å². The molecule has 1 aliphatic heterocycles. The minimum Gasteiger partial charge on any atom is -0.461 e. The molecule has 0 unspecified atom stereocenters. The Morgan fingerprint density at radius 3 is 2.62 bits per heavy atom. The molecule has 1 aliphatic carbocycles. The molecule has 26 heavy (non-hydrogen) atoms. The maximum Gasteiger partial charge on any atom is 0.325 e. The second-order valence-corrected chi connectivity index (χ2v) is 7.50. The van der Waals surface area contributed by atoms with Gasteiger partial charge in [-0.1, -0.05) is 42.1 Å². The number of hydrogen-bond donors (Lipinski definition) is 1. The maximum atomic E-state index is 12.5. The van der Waals surface area contributed by atoms with E-state index in [1.807, 2.05) is 0 Å². The third-order valence-electron chi connectivity index (χ3n) is 4.85. The van der Waals surface area contributed by atoms with Crippen molar-refractivity contribution >= 4 is 41.1 Å². The van der Waals surface area contributed by atoms with Gasteiger partial charge in [0.2, 0.25) is 0 Å². The molecular formula is C18H20Cl2N2O4. The van der Waals surface area contributed by atoms with E-state index >= 15 is 0 Å². The third-order valence-corrected chi connectivity index (χ3v) is 5.59. The summed E-state index contributed by atoms with van der Waals surface area (Å²) in [5.41, 5.74) is 0.0378. The Hall–Kier alpha value is -1.79. The van der Waals surface area contributed by atoms with Gasteiger partial charge in [0.1, 0.15) is 12.1 Å². The van der Waals surface area contributed by atoms with Crippen LogP contribution in [0.4, 0.5) is 4.79 Å². The van der Waals surface area contributed by atoms with Gasteiger partial charge in [0.15, 0.2) is 0 Å². The molecular weight excluding hydrogens is 379 g/mol. The van der Waals surface area contributed by atoms with E-state index in [0.29, 0.717) is 29.3 Å². The molecule has 3 amide bonds. The highest BCUT2D eigenvalue weighted by Gasteiger charge is 2.52. The molecule has 0 aromatic heterocycles. The first-order valence-corrected chi connectivity index (χ1v) is 9.40. The Balaban J connectivity index is 1.43. The largest absolute Gasteiger partial charge is 0.461 e. The summed E-state index contributed by atoms with van der Waals surface area (Å²) in [6.07, 6.45) is 3.78. The van der Waals surface area contributed by atoms with E-state index < -0.39 is 11.5 Å². The summed E-state index contributed by atoms with van der Waals surface area (Å²) in [7, 11) is 0. The summed E-state index contributed by atoms with van der Waals surface area (Å²) in [6.45, 7) is 0.316. The highest BCUT2D eigenvalue weighted by molar-refractivity contribution is 6.42. The molecule has 1 saturated carbocycles. The molecule has 1 saturated heterocycles. The van der Waals surface area contributed by atoms with Gasteiger partial charge in [-0.05, 0) is 37.0 Å². The fraction of sp³-hybridized carbons (Fsp3) is 0.500. The highest BCUT2D eigenvalue weighted by atomic mass is 35.5. The molecule has 6 nitrogen and oxygen atoms in total. The van der Waals surface area contributed by atoms with E-state index in [1.54, 1.807) is 18.2 Å². The Bertz CT molecular complexity index is 732. The van der Waals surface area contributed by atoms with Crippen LogP contribution in [0.25, 0.3) is 0 Å². The number of esters is 1. The lowest BCUT2D eigenvalue weighted by molar-refractivity contribution is -0.145. The van der Waals surface area contributed by atoms with Gasteiger partial charge in [-0.15, -0.1) is 0 Å². The van der Waals surface area contributed by atoms with Gasteiger partial charge in [0, 0.05) is 13.0 Å². The van der Waals surface area contributed by atoms with Crippen LogP contribution in [-0.4, -0.2) is 34.9 Å². The van der Waals surface area contributed by atoms with Crippen molar-refractivity contribution in [2.24, 2.45) is 0 Å². The van der Waals surface area contributed by atoms with Crippen molar-refractivity contribution in [1.82, 2.24) is 10.2 Å². The number of carbonyl (C=O) groups excluding carboxylic acids is 3. The molecule has 1 heterocycles. The molecule has 1 spiro atoms. The molecule has 8 heteroatoms. The predicted molar refractivity (Wildman–Crippen MR) is 96.9 cm³/mol. The second kappa shape index (κ2) is 7.84. The van der Waals surface area contributed by atoms with Gasteiger partial charge in [0.25, 0.3) is 5.91 Å². The molecule has 0 radical (unpaired) electrons. The summed E-state index contributed by atoms with van der Waals surface area (Å²) < 4.78 is 5.19. The SMILES string of the molecule is O=C(CCCN1C(=O)NC2(CCCC2)C1=O)OCc1ccc(Cl)c(Cl)c1. The first-order valence-electron chi connectivity index (χ1n) is 8.65. The summed E-state index contributed by atoms with van der Waals surface area (Å²) in [5, 5.41) is 3.66. The van der Waals surface area contributed by atoms with Crippen LogP contribution in [0.2, 0.25) is 10.0 Å². The number of nitrogens with one attached hydrogen (secondary N) is 1. The van der Waals surface area contributed by atoms with E-state index in [2.05, 4.69) is 5.32 Å². The molecule has 140 valence electrons. The van der Waals surface area contributed by atoms with E-state index in [9.17, 15) is 14.4 Å². The zero-order chi connectivity index (χ0) is 18.7. The standard InChI is InChI=1S/C18H20Cl2N2O4/c19-13-6-5-12(10-14(13)20)11-26-15(23)4-3-9-22-16(24)18(21-17(22)25)7-1-2-8-18/h5-6,10H,1-4,7-9,11H2,(H,21,25). The van der Waals surface area contributed by atoms with Gasteiger partial charge >= 0.3 is 12.0 Å². The summed E-state index contributed by atoms with van der Waals surface area (Å²) in [6, 6.07) is 4.66.